The van der Waals surface area contributed by atoms with E-state index in [1.165, 1.54) is 18.4 Å². The minimum atomic E-state index is 0.226. The van der Waals surface area contributed by atoms with Gasteiger partial charge in [0.25, 0.3) is 0 Å². The van der Waals surface area contributed by atoms with Crippen LogP contribution in [0, 0.1) is 5.92 Å². The molecule has 1 saturated carbocycles. The zero-order valence-corrected chi connectivity index (χ0v) is 11.2. The fourth-order valence-corrected chi connectivity index (χ4v) is 2.76. The monoisotopic (exact) mass is 259 g/mol. The summed E-state index contributed by atoms with van der Waals surface area (Å²) in [4.78, 5) is 18.8. The lowest BCUT2D eigenvalue weighted by Gasteiger charge is -2.29. The summed E-state index contributed by atoms with van der Waals surface area (Å²) in [6, 6.07) is 4.49. The maximum Gasteiger partial charge on any atom is 0.226 e. The first-order valence-electron chi connectivity index (χ1n) is 7.24. The highest BCUT2D eigenvalue weighted by atomic mass is 16.2. The maximum absolute atomic E-state index is 12.7. The lowest BCUT2D eigenvalue weighted by atomic mass is 9.96. The molecule has 1 saturated heterocycles. The van der Waals surface area contributed by atoms with Crippen molar-refractivity contribution in [3.05, 3.63) is 30.1 Å². The van der Waals surface area contributed by atoms with E-state index in [2.05, 4.69) is 15.2 Å². The van der Waals surface area contributed by atoms with Crippen molar-refractivity contribution in [3.8, 4) is 0 Å². The number of aromatic nitrogens is 1. The molecule has 19 heavy (non-hydrogen) atoms. The zero-order valence-electron chi connectivity index (χ0n) is 11.2. The molecule has 1 aromatic rings. The number of hydrogen-bond acceptors (Lipinski definition) is 3. The highest BCUT2D eigenvalue weighted by Crippen LogP contribution is 2.31. The molecule has 1 N–H and O–H groups in total. The van der Waals surface area contributed by atoms with Gasteiger partial charge < -0.3 is 10.2 Å². The molecular formula is C15H21N3O. The van der Waals surface area contributed by atoms with E-state index in [4.69, 9.17) is 0 Å². The minimum absolute atomic E-state index is 0.226. The standard InChI is InChI=1S/C15H21N3O/c19-15(13-5-9-17-10-6-13)18(14-1-2-14)11-12-3-7-16-8-4-12/h3-4,7-8,13-14,17H,1-2,5-6,9-11H2. The van der Waals surface area contributed by atoms with Crippen molar-refractivity contribution in [1.29, 1.82) is 0 Å². The summed E-state index contributed by atoms with van der Waals surface area (Å²) in [5, 5.41) is 3.32. The lowest BCUT2D eigenvalue weighted by molar-refractivity contribution is -0.137. The van der Waals surface area contributed by atoms with Crippen molar-refractivity contribution < 1.29 is 4.79 Å². The molecule has 1 aromatic heterocycles. The second-order valence-electron chi connectivity index (χ2n) is 5.58. The minimum Gasteiger partial charge on any atom is -0.335 e. The molecule has 0 bridgehead atoms. The molecule has 3 rings (SSSR count). The van der Waals surface area contributed by atoms with Crippen molar-refractivity contribution >= 4 is 5.91 Å². The van der Waals surface area contributed by atoms with E-state index in [1.807, 2.05) is 12.1 Å². The quantitative estimate of drug-likeness (QED) is 0.892. The van der Waals surface area contributed by atoms with Crippen LogP contribution in [0.2, 0.25) is 0 Å². The summed E-state index contributed by atoms with van der Waals surface area (Å²) in [6.07, 6.45) is 7.91. The van der Waals surface area contributed by atoms with E-state index in [1.54, 1.807) is 12.4 Å². The highest BCUT2D eigenvalue weighted by molar-refractivity contribution is 5.79. The Morgan fingerprint density at radius 3 is 2.53 bits per heavy atom. The van der Waals surface area contributed by atoms with Gasteiger partial charge in [-0.3, -0.25) is 9.78 Å². The highest BCUT2D eigenvalue weighted by Gasteiger charge is 2.35. The first-order chi connectivity index (χ1) is 9.34. The maximum atomic E-state index is 12.7. The van der Waals surface area contributed by atoms with Crippen LogP contribution in [0.3, 0.4) is 0 Å². The fourth-order valence-electron chi connectivity index (χ4n) is 2.76. The molecule has 102 valence electrons. The van der Waals surface area contributed by atoms with E-state index in [0.717, 1.165) is 32.5 Å². The molecule has 4 nitrogen and oxygen atoms in total. The largest absolute Gasteiger partial charge is 0.335 e. The van der Waals surface area contributed by atoms with Gasteiger partial charge in [-0.1, -0.05) is 0 Å². The number of hydrogen-bond donors (Lipinski definition) is 1. The van der Waals surface area contributed by atoms with Crippen LogP contribution in [-0.2, 0) is 11.3 Å². The molecule has 0 spiro atoms. The summed E-state index contributed by atoms with van der Waals surface area (Å²) in [5.74, 6) is 0.587. The van der Waals surface area contributed by atoms with Crippen LogP contribution in [0.15, 0.2) is 24.5 Å². The average Bonchev–Trinajstić information content (AvgIpc) is 3.31. The Labute approximate surface area is 114 Å². The van der Waals surface area contributed by atoms with E-state index in [9.17, 15) is 4.79 Å². The predicted molar refractivity (Wildman–Crippen MR) is 73.4 cm³/mol. The Balaban J connectivity index is 1.68. The number of rotatable bonds is 4. The summed E-state index contributed by atoms with van der Waals surface area (Å²) < 4.78 is 0. The fraction of sp³-hybridized carbons (Fsp3) is 0.600. The Morgan fingerprint density at radius 2 is 1.89 bits per heavy atom. The molecule has 2 heterocycles. The van der Waals surface area contributed by atoms with Crippen LogP contribution in [0.5, 0.6) is 0 Å². The van der Waals surface area contributed by atoms with Gasteiger partial charge in [-0.2, -0.15) is 0 Å². The van der Waals surface area contributed by atoms with Crippen molar-refractivity contribution in [2.45, 2.75) is 38.3 Å². The third-order valence-corrected chi connectivity index (χ3v) is 4.06. The molecule has 1 aliphatic carbocycles. The normalized spacial score (nSPS) is 20.2. The summed E-state index contributed by atoms with van der Waals surface area (Å²) in [5.41, 5.74) is 1.18. The Bertz CT molecular complexity index is 424. The van der Waals surface area contributed by atoms with Crippen LogP contribution in [0.1, 0.15) is 31.2 Å². The van der Waals surface area contributed by atoms with Crippen LogP contribution in [0.4, 0.5) is 0 Å². The van der Waals surface area contributed by atoms with Crippen molar-refractivity contribution in [2.75, 3.05) is 13.1 Å². The van der Waals surface area contributed by atoms with Crippen LogP contribution in [-0.4, -0.2) is 34.9 Å². The molecule has 4 heteroatoms. The number of carbonyl (C=O) groups excluding carboxylic acids is 1. The van der Waals surface area contributed by atoms with Gasteiger partial charge in [0.1, 0.15) is 0 Å². The van der Waals surface area contributed by atoms with E-state index in [0.29, 0.717) is 11.9 Å². The molecule has 0 radical (unpaired) electrons. The van der Waals surface area contributed by atoms with Gasteiger partial charge >= 0.3 is 0 Å². The number of nitrogens with one attached hydrogen (secondary N) is 1. The van der Waals surface area contributed by atoms with E-state index < -0.39 is 0 Å². The van der Waals surface area contributed by atoms with Gasteiger partial charge in [-0.05, 0) is 56.5 Å². The molecule has 1 aliphatic heterocycles. The van der Waals surface area contributed by atoms with Gasteiger partial charge in [0.05, 0.1) is 0 Å². The van der Waals surface area contributed by atoms with Crippen molar-refractivity contribution in [2.24, 2.45) is 5.92 Å². The third kappa shape index (κ3) is 3.13. The molecule has 0 unspecified atom stereocenters. The second-order valence-corrected chi connectivity index (χ2v) is 5.58. The molecule has 0 aromatic carbocycles. The van der Waals surface area contributed by atoms with Crippen molar-refractivity contribution in [3.63, 3.8) is 0 Å². The number of piperidine rings is 1. The molecule has 0 atom stereocenters. The van der Waals surface area contributed by atoms with Crippen LogP contribution >= 0.6 is 0 Å². The van der Waals surface area contributed by atoms with Gasteiger partial charge in [-0.15, -0.1) is 0 Å². The average molecular weight is 259 g/mol. The molecular weight excluding hydrogens is 238 g/mol. The van der Waals surface area contributed by atoms with Crippen LogP contribution in [0.25, 0.3) is 0 Å². The number of pyridine rings is 1. The lowest BCUT2D eigenvalue weighted by Crippen LogP contribution is -2.41. The van der Waals surface area contributed by atoms with Crippen LogP contribution < -0.4 is 5.32 Å². The molecule has 2 aliphatic rings. The SMILES string of the molecule is O=C(C1CCNCC1)N(Cc1ccncc1)C1CC1. The zero-order chi connectivity index (χ0) is 13.1. The Morgan fingerprint density at radius 1 is 1.21 bits per heavy atom. The molecule has 2 fully saturated rings. The number of carbonyl (C=O) groups is 1. The van der Waals surface area contributed by atoms with Crippen molar-refractivity contribution in [1.82, 2.24) is 15.2 Å². The smallest absolute Gasteiger partial charge is 0.226 e. The topological polar surface area (TPSA) is 45.2 Å². The van der Waals surface area contributed by atoms with Gasteiger partial charge in [-0.25, -0.2) is 0 Å². The summed E-state index contributed by atoms with van der Waals surface area (Å²) in [7, 11) is 0. The van der Waals surface area contributed by atoms with Gasteiger partial charge in [0, 0.05) is 30.9 Å². The second kappa shape index (κ2) is 5.70. The summed E-state index contributed by atoms with van der Waals surface area (Å²) in [6.45, 7) is 2.70. The van der Waals surface area contributed by atoms with Gasteiger partial charge in [0.15, 0.2) is 0 Å². The van der Waals surface area contributed by atoms with Gasteiger partial charge in [0.2, 0.25) is 5.91 Å². The number of nitrogens with zero attached hydrogens (tertiary/aromatic N) is 2. The third-order valence-electron chi connectivity index (χ3n) is 4.06. The van der Waals surface area contributed by atoms with E-state index in [-0.39, 0.29) is 5.92 Å². The predicted octanol–water partition coefficient (Wildman–Crippen LogP) is 1.57. The molecule has 1 amide bonds. The Kier molecular flexibility index (Phi) is 3.78. The number of amides is 1. The van der Waals surface area contributed by atoms with E-state index >= 15 is 0 Å². The first kappa shape index (κ1) is 12.6. The summed E-state index contributed by atoms with van der Waals surface area (Å²) >= 11 is 0. The Hall–Kier alpha value is -1.42. The first-order valence-corrected chi connectivity index (χ1v) is 7.24.